The van der Waals surface area contributed by atoms with Gasteiger partial charge in [0.05, 0.1) is 10.0 Å². The second-order valence-electron chi connectivity index (χ2n) is 3.70. The van der Waals surface area contributed by atoms with E-state index >= 15 is 0 Å². The summed E-state index contributed by atoms with van der Waals surface area (Å²) in [5, 5.41) is 0. The highest BCUT2D eigenvalue weighted by atomic mass is 79.9. The summed E-state index contributed by atoms with van der Waals surface area (Å²) in [7, 11) is 0. The van der Waals surface area contributed by atoms with Gasteiger partial charge in [0.25, 0.3) is 0 Å². The minimum absolute atomic E-state index is 0. The third-order valence-electron chi connectivity index (χ3n) is 2.32. The molecule has 1 saturated carbocycles. The molecule has 0 amide bonds. The molecule has 2 N–H and O–H groups in total. The maximum absolute atomic E-state index is 13.4. The Bertz CT molecular complexity index is 357. The largest absolute Gasteiger partial charge is 0.489 e. The van der Waals surface area contributed by atoms with Gasteiger partial charge in [-0.1, -0.05) is 6.07 Å². The SMILES string of the molecule is Cl.NC1(COc2cccc(Br)c2F)CC1. The Labute approximate surface area is 103 Å². The summed E-state index contributed by atoms with van der Waals surface area (Å²) >= 11 is 3.10. The Morgan fingerprint density at radius 1 is 1.47 bits per heavy atom. The smallest absolute Gasteiger partial charge is 0.179 e. The zero-order chi connectivity index (χ0) is 10.2. The van der Waals surface area contributed by atoms with Crippen molar-refractivity contribution in [3.05, 3.63) is 28.5 Å². The number of halogens is 3. The molecule has 1 aromatic carbocycles. The molecule has 2 rings (SSSR count). The average molecular weight is 297 g/mol. The molecule has 1 fully saturated rings. The highest BCUT2D eigenvalue weighted by Gasteiger charge is 2.39. The second kappa shape index (κ2) is 4.68. The summed E-state index contributed by atoms with van der Waals surface area (Å²) in [6, 6.07) is 4.97. The number of hydrogen-bond donors (Lipinski definition) is 1. The van der Waals surface area contributed by atoms with Gasteiger partial charge in [-0.25, -0.2) is 4.39 Å². The maximum Gasteiger partial charge on any atom is 0.179 e. The van der Waals surface area contributed by atoms with Crippen LogP contribution in [0.2, 0.25) is 0 Å². The van der Waals surface area contributed by atoms with Gasteiger partial charge in [0.1, 0.15) is 6.61 Å². The summed E-state index contributed by atoms with van der Waals surface area (Å²) in [6.45, 7) is 0.389. The number of rotatable bonds is 3. The van der Waals surface area contributed by atoms with Crippen molar-refractivity contribution in [1.82, 2.24) is 0 Å². The lowest BCUT2D eigenvalue weighted by molar-refractivity contribution is 0.266. The van der Waals surface area contributed by atoms with E-state index in [9.17, 15) is 4.39 Å². The van der Waals surface area contributed by atoms with Gasteiger partial charge in [0.2, 0.25) is 0 Å². The molecule has 1 aromatic rings. The first-order valence-electron chi connectivity index (χ1n) is 4.46. The van der Waals surface area contributed by atoms with Crippen LogP contribution in [0.25, 0.3) is 0 Å². The fourth-order valence-electron chi connectivity index (χ4n) is 1.12. The highest BCUT2D eigenvalue weighted by molar-refractivity contribution is 9.10. The molecule has 0 bridgehead atoms. The van der Waals surface area contributed by atoms with E-state index in [1.807, 2.05) is 0 Å². The van der Waals surface area contributed by atoms with E-state index < -0.39 is 0 Å². The van der Waals surface area contributed by atoms with Crippen LogP contribution in [0.4, 0.5) is 4.39 Å². The summed E-state index contributed by atoms with van der Waals surface area (Å²) in [6.07, 6.45) is 1.92. The lowest BCUT2D eigenvalue weighted by Crippen LogP contribution is -2.29. The average Bonchev–Trinajstić information content (AvgIpc) is 2.88. The van der Waals surface area contributed by atoms with Crippen molar-refractivity contribution in [1.29, 1.82) is 0 Å². The van der Waals surface area contributed by atoms with E-state index in [1.54, 1.807) is 18.2 Å². The molecule has 15 heavy (non-hydrogen) atoms. The zero-order valence-corrected chi connectivity index (χ0v) is 10.4. The molecule has 0 atom stereocenters. The molecule has 0 spiro atoms. The summed E-state index contributed by atoms with van der Waals surface area (Å²) in [4.78, 5) is 0. The first-order chi connectivity index (χ1) is 6.61. The second-order valence-corrected chi connectivity index (χ2v) is 4.56. The van der Waals surface area contributed by atoms with Crippen LogP contribution >= 0.6 is 28.3 Å². The number of benzene rings is 1. The van der Waals surface area contributed by atoms with Crippen LogP contribution in [0, 0.1) is 5.82 Å². The Balaban J connectivity index is 0.00000112. The first-order valence-corrected chi connectivity index (χ1v) is 5.26. The standard InChI is InChI=1S/C10H11BrFNO.ClH/c11-7-2-1-3-8(9(7)12)14-6-10(13)4-5-10;/h1-3H,4-6,13H2;1H. The Kier molecular flexibility index (Phi) is 3.98. The Morgan fingerprint density at radius 2 is 2.13 bits per heavy atom. The molecule has 0 radical (unpaired) electrons. The van der Waals surface area contributed by atoms with E-state index in [4.69, 9.17) is 10.5 Å². The molecule has 2 nitrogen and oxygen atoms in total. The normalized spacial score (nSPS) is 16.7. The van der Waals surface area contributed by atoms with Crippen LogP contribution in [0.3, 0.4) is 0 Å². The zero-order valence-electron chi connectivity index (χ0n) is 8.00. The van der Waals surface area contributed by atoms with Crippen LogP contribution in [-0.4, -0.2) is 12.1 Å². The maximum atomic E-state index is 13.4. The van der Waals surface area contributed by atoms with Crippen molar-refractivity contribution >= 4 is 28.3 Å². The van der Waals surface area contributed by atoms with E-state index in [-0.39, 0.29) is 29.5 Å². The van der Waals surface area contributed by atoms with E-state index in [2.05, 4.69) is 15.9 Å². The summed E-state index contributed by atoms with van der Waals surface area (Å²) < 4.78 is 19.1. The van der Waals surface area contributed by atoms with Gasteiger partial charge in [0.15, 0.2) is 11.6 Å². The fraction of sp³-hybridized carbons (Fsp3) is 0.400. The quantitative estimate of drug-likeness (QED) is 0.931. The van der Waals surface area contributed by atoms with Crippen molar-refractivity contribution < 1.29 is 9.13 Å². The molecule has 0 aliphatic heterocycles. The van der Waals surface area contributed by atoms with Crippen molar-refractivity contribution in [2.24, 2.45) is 5.73 Å². The van der Waals surface area contributed by atoms with Crippen LogP contribution in [-0.2, 0) is 0 Å². The van der Waals surface area contributed by atoms with E-state index in [1.165, 1.54) is 0 Å². The number of ether oxygens (including phenoxy) is 1. The molecule has 84 valence electrons. The number of hydrogen-bond acceptors (Lipinski definition) is 2. The van der Waals surface area contributed by atoms with Gasteiger partial charge in [-0.2, -0.15) is 0 Å². The monoisotopic (exact) mass is 295 g/mol. The lowest BCUT2D eigenvalue weighted by Gasteiger charge is -2.11. The van der Waals surface area contributed by atoms with Crippen LogP contribution in [0.5, 0.6) is 5.75 Å². The fourth-order valence-corrected chi connectivity index (χ4v) is 1.47. The van der Waals surface area contributed by atoms with Gasteiger partial charge in [0, 0.05) is 0 Å². The molecular weight excluding hydrogens is 284 g/mol. The van der Waals surface area contributed by atoms with Crippen molar-refractivity contribution in [3.8, 4) is 5.75 Å². The summed E-state index contributed by atoms with van der Waals surface area (Å²) in [5.74, 6) is -0.104. The predicted molar refractivity (Wildman–Crippen MR) is 63.0 cm³/mol. The first kappa shape index (κ1) is 12.7. The van der Waals surface area contributed by atoms with Crippen molar-refractivity contribution in [3.63, 3.8) is 0 Å². The van der Waals surface area contributed by atoms with E-state index in [0.29, 0.717) is 11.1 Å². The summed E-state index contributed by atoms with van der Waals surface area (Å²) in [5.41, 5.74) is 5.61. The van der Waals surface area contributed by atoms with Crippen LogP contribution < -0.4 is 10.5 Å². The number of nitrogens with two attached hydrogens (primary N) is 1. The molecule has 5 heteroatoms. The third kappa shape index (κ3) is 3.06. The Hall–Kier alpha value is -0.320. The van der Waals surface area contributed by atoms with Crippen LogP contribution in [0.1, 0.15) is 12.8 Å². The molecular formula is C10H12BrClFNO. The van der Waals surface area contributed by atoms with Crippen LogP contribution in [0.15, 0.2) is 22.7 Å². The minimum atomic E-state index is -0.364. The minimum Gasteiger partial charge on any atom is -0.489 e. The molecule has 0 heterocycles. The predicted octanol–water partition coefficient (Wildman–Crippen LogP) is 2.88. The van der Waals surface area contributed by atoms with Gasteiger partial charge < -0.3 is 10.5 Å². The molecule has 1 aliphatic rings. The lowest BCUT2D eigenvalue weighted by atomic mass is 10.3. The molecule has 0 saturated heterocycles. The van der Waals surface area contributed by atoms with Gasteiger partial charge in [-0.05, 0) is 40.9 Å². The van der Waals surface area contributed by atoms with Gasteiger partial charge in [-0.15, -0.1) is 12.4 Å². The van der Waals surface area contributed by atoms with E-state index in [0.717, 1.165) is 12.8 Å². The molecule has 1 aliphatic carbocycles. The van der Waals surface area contributed by atoms with Gasteiger partial charge >= 0.3 is 0 Å². The molecule has 0 unspecified atom stereocenters. The third-order valence-corrected chi connectivity index (χ3v) is 2.94. The molecule has 0 aromatic heterocycles. The van der Waals surface area contributed by atoms with Crippen molar-refractivity contribution in [2.75, 3.05) is 6.61 Å². The van der Waals surface area contributed by atoms with Crippen molar-refractivity contribution in [2.45, 2.75) is 18.4 Å². The van der Waals surface area contributed by atoms with Gasteiger partial charge in [-0.3, -0.25) is 0 Å². The Morgan fingerprint density at radius 3 is 2.73 bits per heavy atom. The highest BCUT2D eigenvalue weighted by Crippen LogP contribution is 2.33. The topological polar surface area (TPSA) is 35.2 Å².